The van der Waals surface area contributed by atoms with Crippen molar-refractivity contribution in [1.82, 2.24) is 19.9 Å². The monoisotopic (exact) mass is 340 g/mol. The highest BCUT2D eigenvalue weighted by Gasteiger charge is 2.32. The molecule has 0 radical (unpaired) electrons. The molecular weight excluding hydrogens is 316 g/mol. The number of aliphatic hydroxyl groups is 1. The first-order valence-corrected chi connectivity index (χ1v) is 8.74. The van der Waals surface area contributed by atoms with Gasteiger partial charge in [0.05, 0.1) is 19.5 Å². The molecule has 132 valence electrons. The molecule has 3 N–H and O–H groups in total. The zero-order chi connectivity index (χ0) is 17.2. The van der Waals surface area contributed by atoms with E-state index in [9.17, 15) is 5.11 Å². The second kappa shape index (κ2) is 6.90. The first-order chi connectivity index (χ1) is 12.2. The van der Waals surface area contributed by atoms with E-state index in [-0.39, 0.29) is 12.1 Å². The molecule has 2 heterocycles. The van der Waals surface area contributed by atoms with Gasteiger partial charge in [-0.2, -0.15) is 0 Å². The second-order valence-electron chi connectivity index (χ2n) is 6.87. The summed E-state index contributed by atoms with van der Waals surface area (Å²) in [6.07, 6.45) is 7.12. The van der Waals surface area contributed by atoms with Gasteiger partial charge in [0, 0.05) is 48.1 Å². The van der Waals surface area contributed by atoms with Crippen LogP contribution >= 0.6 is 0 Å². The standard InChI is InChI=1S/C19H24N4O2/c1-25-19-4-2-3-16-15(19)9-14(22-16)10-21-17-7-13(8-18(17)24)11-23-6-5-20-12-23/h2-6,9,12-13,17-18,21-22,24H,7-8,10-11H2,1H3/t13?,17-,18-/m1/s1. The van der Waals surface area contributed by atoms with E-state index < -0.39 is 0 Å². The van der Waals surface area contributed by atoms with Crippen LogP contribution in [0.3, 0.4) is 0 Å². The molecule has 0 spiro atoms. The van der Waals surface area contributed by atoms with Crippen molar-refractivity contribution in [2.75, 3.05) is 7.11 Å². The van der Waals surface area contributed by atoms with E-state index in [2.05, 4.69) is 25.9 Å². The number of hydrogen-bond acceptors (Lipinski definition) is 4. The number of aromatic nitrogens is 3. The Hall–Kier alpha value is -2.31. The minimum absolute atomic E-state index is 0.127. The zero-order valence-electron chi connectivity index (χ0n) is 14.4. The van der Waals surface area contributed by atoms with E-state index >= 15 is 0 Å². The molecule has 1 aliphatic rings. The van der Waals surface area contributed by atoms with Crippen LogP contribution in [-0.2, 0) is 13.1 Å². The van der Waals surface area contributed by atoms with E-state index in [0.717, 1.165) is 41.7 Å². The lowest BCUT2D eigenvalue weighted by molar-refractivity contribution is 0.145. The number of benzene rings is 1. The van der Waals surface area contributed by atoms with Gasteiger partial charge in [0.25, 0.3) is 0 Å². The molecule has 6 heteroatoms. The Bertz CT molecular complexity index is 827. The molecule has 0 bridgehead atoms. The van der Waals surface area contributed by atoms with Crippen LogP contribution in [0.25, 0.3) is 10.9 Å². The largest absolute Gasteiger partial charge is 0.496 e. The summed E-state index contributed by atoms with van der Waals surface area (Å²) in [6.45, 7) is 1.62. The Morgan fingerprint density at radius 1 is 1.40 bits per heavy atom. The number of ether oxygens (including phenoxy) is 1. The number of imidazole rings is 1. The van der Waals surface area contributed by atoms with Crippen LogP contribution in [0, 0.1) is 5.92 Å². The van der Waals surface area contributed by atoms with Crippen molar-refractivity contribution < 1.29 is 9.84 Å². The molecular formula is C19H24N4O2. The third kappa shape index (κ3) is 3.41. The number of methoxy groups -OCH3 is 1. The number of nitrogens with zero attached hydrogens (tertiary/aromatic N) is 2. The van der Waals surface area contributed by atoms with Gasteiger partial charge in [-0.1, -0.05) is 6.07 Å². The molecule has 3 aromatic rings. The predicted molar refractivity (Wildman–Crippen MR) is 96.4 cm³/mol. The van der Waals surface area contributed by atoms with Crippen LogP contribution in [0.15, 0.2) is 43.0 Å². The van der Waals surface area contributed by atoms with Crippen LogP contribution in [-0.4, -0.2) is 38.9 Å². The molecule has 3 atom stereocenters. The Labute approximate surface area is 146 Å². The van der Waals surface area contributed by atoms with E-state index in [4.69, 9.17) is 4.74 Å². The van der Waals surface area contributed by atoms with Gasteiger partial charge in [-0.05, 0) is 37.0 Å². The van der Waals surface area contributed by atoms with E-state index in [1.165, 1.54) is 0 Å². The highest BCUT2D eigenvalue weighted by Crippen LogP contribution is 2.29. The first kappa shape index (κ1) is 16.2. The average Bonchev–Trinajstić information content (AvgIpc) is 3.33. The van der Waals surface area contributed by atoms with Gasteiger partial charge in [-0.15, -0.1) is 0 Å². The summed E-state index contributed by atoms with van der Waals surface area (Å²) in [6, 6.07) is 8.24. The number of aliphatic hydroxyl groups excluding tert-OH is 1. The molecule has 0 amide bonds. The van der Waals surface area contributed by atoms with Gasteiger partial charge in [-0.3, -0.25) is 0 Å². The predicted octanol–water partition coefficient (Wildman–Crippen LogP) is 2.30. The normalized spacial score (nSPS) is 23.4. The minimum atomic E-state index is -0.299. The number of fused-ring (bicyclic) bond motifs is 1. The highest BCUT2D eigenvalue weighted by atomic mass is 16.5. The summed E-state index contributed by atoms with van der Waals surface area (Å²) in [5.41, 5.74) is 2.17. The maximum absolute atomic E-state index is 10.4. The summed E-state index contributed by atoms with van der Waals surface area (Å²) in [5, 5.41) is 15.0. The van der Waals surface area contributed by atoms with Gasteiger partial charge >= 0.3 is 0 Å². The fourth-order valence-corrected chi connectivity index (χ4v) is 3.88. The first-order valence-electron chi connectivity index (χ1n) is 8.74. The number of hydrogen-bond donors (Lipinski definition) is 3. The maximum atomic E-state index is 10.4. The Kier molecular flexibility index (Phi) is 4.46. The second-order valence-corrected chi connectivity index (χ2v) is 6.87. The Morgan fingerprint density at radius 2 is 2.32 bits per heavy atom. The van der Waals surface area contributed by atoms with Crippen LogP contribution in [0.2, 0.25) is 0 Å². The van der Waals surface area contributed by atoms with Crippen molar-refractivity contribution in [2.24, 2.45) is 5.92 Å². The van der Waals surface area contributed by atoms with Gasteiger partial charge in [0.2, 0.25) is 0 Å². The summed E-state index contributed by atoms with van der Waals surface area (Å²) in [7, 11) is 1.69. The lowest BCUT2D eigenvalue weighted by Gasteiger charge is -2.15. The van der Waals surface area contributed by atoms with Crippen molar-refractivity contribution in [2.45, 2.75) is 38.1 Å². The SMILES string of the molecule is COc1cccc2[nH]c(CN[C@@H]3CC(Cn4ccnc4)C[C@H]3O)cc12. The molecule has 0 aliphatic heterocycles. The average molecular weight is 340 g/mol. The van der Waals surface area contributed by atoms with Crippen molar-refractivity contribution in [3.63, 3.8) is 0 Å². The molecule has 0 saturated heterocycles. The molecule has 6 nitrogen and oxygen atoms in total. The number of H-pyrrole nitrogens is 1. The lowest BCUT2D eigenvalue weighted by Crippen LogP contribution is -2.35. The molecule has 1 saturated carbocycles. The fourth-order valence-electron chi connectivity index (χ4n) is 3.88. The fraction of sp³-hybridized carbons (Fsp3) is 0.421. The van der Waals surface area contributed by atoms with Crippen molar-refractivity contribution >= 4 is 10.9 Å². The van der Waals surface area contributed by atoms with E-state index in [1.807, 2.05) is 30.7 Å². The maximum Gasteiger partial charge on any atom is 0.128 e. The number of aromatic amines is 1. The molecule has 1 unspecified atom stereocenters. The smallest absolute Gasteiger partial charge is 0.128 e. The topological polar surface area (TPSA) is 75.1 Å². The summed E-state index contributed by atoms with van der Waals surface area (Å²) in [4.78, 5) is 7.50. The Balaban J connectivity index is 1.38. The zero-order valence-corrected chi connectivity index (χ0v) is 14.4. The van der Waals surface area contributed by atoms with Crippen LogP contribution in [0.4, 0.5) is 0 Å². The van der Waals surface area contributed by atoms with Gasteiger partial charge in [0.15, 0.2) is 0 Å². The number of nitrogens with one attached hydrogen (secondary N) is 2. The van der Waals surface area contributed by atoms with Gasteiger partial charge in [0.1, 0.15) is 5.75 Å². The third-order valence-electron chi connectivity index (χ3n) is 5.11. The van der Waals surface area contributed by atoms with E-state index in [1.54, 1.807) is 13.3 Å². The molecule has 25 heavy (non-hydrogen) atoms. The van der Waals surface area contributed by atoms with E-state index in [0.29, 0.717) is 12.5 Å². The van der Waals surface area contributed by atoms with Gasteiger partial charge in [-0.25, -0.2) is 4.98 Å². The van der Waals surface area contributed by atoms with Crippen LogP contribution < -0.4 is 10.1 Å². The van der Waals surface area contributed by atoms with Crippen molar-refractivity contribution in [3.8, 4) is 5.75 Å². The van der Waals surface area contributed by atoms with Crippen LogP contribution in [0.5, 0.6) is 5.75 Å². The summed E-state index contributed by atoms with van der Waals surface area (Å²) < 4.78 is 7.50. The number of rotatable bonds is 6. The molecule has 4 rings (SSSR count). The lowest BCUT2D eigenvalue weighted by atomic mass is 10.1. The summed E-state index contributed by atoms with van der Waals surface area (Å²) >= 11 is 0. The third-order valence-corrected chi connectivity index (χ3v) is 5.11. The Morgan fingerprint density at radius 3 is 3.12 bits per heavy atom. The summed E-state index contributed by atoms with van der Waals surface area (Å²) in [5.74, 6) is 1.35. The van der Waals surface area contributed by atoms with Gasteiger partial charge < -0.3 is 24.7 Å². The van der Waals surface area contributed by atoms with Crippen molar-refractivity contribution in [3.05, 3.63) is 48.7 Å². The molecule has 1 aliphatic carbocycles. The van der Waals surface area contributed by atoms with Crippen molar-refractivity contribution in [1.29, 1.82) is 0 Å². The molecule has 1 fully saturated rings. The molecule has 1 aromatic carbocycles. The highest BCUT2D eigenvalue weighted by molar-refractivity contribution is 5.86. The minimum Gasteiger partial charge on any atom is -0.496 e. The quantitative estimate of drug-likeness (QED) is 0.644. The van der Waals surface area contributed by atoms with Crippen LogP contribution in [0.1, 0.15) is 18.5 Å². The molecule has 2 aromatic heterocycles.